The molecule has 0 bridgehead atoms. The summed E-state index contributed by atoms with van der Waals surface area (Å²) >= 11 is 0. The second-order valence-corrected chi connectivity index (χ2v) is 7.59. The Bertz CT molecular complexity index is 754. The number of carbonyl (C=O) groups excluding carboxylic acids is 1. The van der Waals surface area contributed by atoms with Crippen molar-refractivity contribution in [2.75, 3.05) is 44.2 Å². The fourth-order valence-corrected chi connectivity index (χ4v) is 4.18. The number of likely N-dealkylation sites (tertiary alicyclic amines) is 1. The van der Waals surface area contributed by atoms with Gasteiger partial charge in [0, 0.05) is 38.4 Å². The van der Waals surface area contributed by atoms with Crippen LogP contribution in [-0.2, 0) is 4.79 Å². The molecule has 0 radical (unpaired) electrons. The van der Waals surface area contributed by atoms with Crippen molar-refractivity contribution in [1.82, 2.24) is 14.8 Å². The third kappa shape index (κ3) is 4.14. The van der Waals surface area contributed by atoms with E-state index in [9.17, 15) is 4.79 Å². The first kappa shape index (κ1) is 18.0. The predicted octanol–water partition coefficient (Wildman–Crippen LogP) is 2.88. The van der Waals surface area contributed by atoms with E-state index in [0.717, 1.165) is 45.0 Å². The summed E-state index contributed by atoms with van der Waals surface area (Å²) in [6.07, 6.45) is 4.13. The summed E-state index contributed by atoms with van der Waals surface area (Å²) in [6, 6.07) is 15.1. The number of aryl methyl sites for hydroxylation is 1. The smallest absolute Gasteiger partial charge is 0.236 e. The molecule has 2 aromatic rings. The second-order valence-electron chi connectivity index (χ2n) is 7.59. The average molecular weight is 364 g/mol. The van der Waals surface area contributed by atoms with Gasteiger partial charge in [-0.3, -0.25) is 9.69 Å². The Morgan fingerprint density at radius 2 is 1.81 bits per heavy atom. The Morgan fingerprint density at radius 1 is 1.04 bits per heavy atom. The maximum atomic E-state index is 12.9. The monoisotopic (exact) mass is 364 g/mol. The number of aromatic nitrogens is 1. The molecule has 5 heteroatoms. The van der Waals surface area contributed by atoms with E-state index in [-0.39, 0.29) is 5.91 Å². The zero-order valence-corrected chi connectivity index (χ0v) is 16.1. The van der Waals surface area contributed by atoms with E-state index < -0.39 is 0 Å². The van der Waals surface area contributed by atoms with Gasteiger partial charge in [0.15, 0.2) is 0 Å². The van der Waals surface area contributed by atoms with Crippen LogP contribution in [0.15, 0.2) is 48.7 Å². The Balaban J connectivity index is 1.33. The van der Waals surface area contributed by atoms with E-state index >= 15 is 0 Å². The van der Waals surface area contributed by atoms with Gasteiger partial charge in [-0.05, 0) is 44.0 Å². The standard InChI is InChI=1S/C22H28N4O/c1-18-7-9-19(10-8-18)20-5-4-12-26(20)17-22(27)25-15-13-24(14-16-25)21-6-2-3-11-23-21/h2-3,6-11,20H,4-5,12-17H2,1H3. The molecule has 1 aromatic carbocycles. The highest BCUT2D eigenvalue weighted by Gasteiger charge is 2.30. The van der Waals surface area contributed by atoms with Crippen LogP contribution in [0.4, 0.5) is 5.82 Å². The summed E-state index contributed by atoms with van der Waals surface area (Å²) in [5.74, 6) is 1.26. The van der Waals surface area contributed by atoms with E-state index in [1.54, 1.807) is 0 Å². The molecule has 2 saturated heterocycles. The van der Waals surface area contributed by atoms with Crippen molar-refractivity contribution in [1.29, 1.82) is 0 Å². The lowest BCUT2D eigenvalue weighted by molar-refractivity contribution is -0.133. The van der Waals surface area contributed by atoms with Gasteiger partial charge in [0.25, 0.3) is 0 Å². The summed E-state index contributed by atoms with van der Waals surface area (Å²) in [5.41, 5.74) is 2.62. The highest BCUT2D eigenvalue weighted by molar-refractivity contribution is 5.78. The molecule has 1 amide bonds. The molecule has 27 heavy (non-hydrogen) atoms. The molecule has 0 saturated carbocycles. The summed E-state index contributed by atoms with van der Waals surface area (Å²) in [6.45, 7) is 6.91. The molecule has 0 spiro atoms. The number of carbonyl (C=O) groups is 1. The third-order valence-corrected chi connectivity index (χ3v) is 5.77. The van der Waals surface area contributed by atoms with Gasteiger partial charge < -0.3 is 9.80 Å². The molecule has 0 N–H and O–H groups in total. The number of rotatable bonds is 4. The van der Waals surface area contributed by atoms with Crippen LogP contribution < -0.4 is 4.90 Å². The van der Waals surface area contributed by atoms with Gasteiger partial charge >= 0.3 is 0 Å². The van der Waals surface area contributed by atoms with Gasteiger partial charge in [-0.25, -0.2) is 4.98 Å². The molecule has 5 nitrogen and oxygen atoms in total. The molecule has 1 unspecified atom stereocenters. The molecular weight excluding hydrogens is 336 g/mol. The fourth-order valence-electron chi connectivity index (χ4n) is 4.18. The molecule has 2 fully saturated rings. The maximum absolute atomic E-state index is 12.9. The molecule has 4 rings (SSSR count). The van der Waals surface area contributed by atoms with Gasteiger partial charge in [-0.2, -0.15) is 0 Å². The van der Waals surface area contributed by atoms with Crippen LogP contribution in [0, 0.1) is 6.92 Å². The van der Waals surface area contributed by atoms with Crippen molar-refractivity contribution in [3.63, 3.8) is 0 Å². The van der Waals surface area contributed by atoms with Crippen molar-refractivity contribution in [3.05, 3.63) is 59.8 Å². The largest absolute Gasteiger partial charge is 0.353 e. The number of piperazine rings is 1. The van der Waals surface area contributed by atoms with E-state index in [1.807, 2.05) is 29.3 Å². The van der Waals surface area contributed by atoms with E-state index in [1.165, 1.54) is 17.5 Å². The van der Waals surface area contributed by atoms with Gasteiger partial charge in [0.2, 0.25) is 5.91 Å². The number of benzene rings is 1. The number of hydrogen-bond donors (Lipinski definition) is 0. The highest BCUT2D eigenvalue weighted by Crippen LogP contribution is 2.31. The van der Waals surface area contributed by atoms with Crippen molar-refractivity contribution < 1.29 is 4.79 Å². The topological polar surface area (TPSA) is 39.7 Å². The van der Waals surface area contributed by atoms with E-state index in [2.05, 4.69) is 46.0 Å². The van der Waals surface area contributed by atoms with Gasteiger partial charge in [-0.15, -0.1) is 0 Å². The molecule has 142 valence electrons. The molecule has 1 aromatic heterocycles. The number of nitrogens with zero attached hydrogens (tertiary/aromatic N) is 4. The molecular formula is C22H28N4O. The first-order valence-electron chi connectivity index (χ1n) is 9.95. The zero-order valence-electron chi connectivity index (χ0n) is 16.1. The Morgan fingerprint density at radius 3 is 2.52 bits per heavy atom. The van der Waals surface area contributed by atoms with Gasteiger partial charge in [0.05, 0.1) is 6.54 Å². The maximum Gasteiger partial charge on any atom is 0.236 e. The minimum atomic E-state index is 0.259. The normalized spacial score (nSPS) is 20.9. The van der Waals surface area contributed by atoms with Crippen molar-refractivity contribution in [3.8, 4) is 0 Å². The predicted molar refractivity (Wildman–Crippen MR) is 108 cm³/mol. The summed E-state index contributed by atoms with van der Waals surface area (Å²) < 4.78 is 0. The average Bonchev–Trinajstić information content (AvgIpc) is 3.17. The first-order chi connectivity index (χ1) is 13.2. The minimum Gasteiger partial charge on any atom is -0.353 e. The lowest BCUT2D eigenvalue weighted by Crippen LogP contribution is -2.51. The highest BCUT2D eigenvalue weighted by atomic mass is 16.2. The van der Waals surface area contributed by atoms with Crippen LogP contribution in [0.2, 0.25) is 0 Å². The van der Waals surface area contributed by atoms with Crippen LogP contribution in [-0.4, -0.2) is 60.0 Å². The van der Waals surface area contributed by atoms with E-state index in [0.29, 0.717) is 12.6 Å². The quantitative estimate of drug-likeness (QED) is 0.836. The van der Waals surface area contributed by atoms with Crippen LogP contribution >= 0.6 is 0 Å². The molecule has 3 heterocycles. The number of amides is 1. The van der Waals surface area contributed by atoms with Gasteiger partial charge in [-0.1, -0.05) is 35.9 Å². The third-order valence-electron chi connectivity index (χ3n) is 5.77. The lowest BCUT2D eigenvalue weighted by atomic mass is 10.0. The van der Waals surface area contributed by atoms with Crippen LogP contribution in [0.5, 0.6) is 0 Å². The van der Waals surface area contributed by atoms with Crippen LogP contribution in [0.3, 0.4) is 0 Å². The van der Waals surface area contributed by atoms with Crippen molar-refractivity contribution >= 4 is 11.7 Å². The first-order valence-corrected chi connectivity index (χ1v) is 9.95. The molecule has 2 aliphatic heterocycles. The summed E-state index contributed by atoms with van der Waals surface area (Å²) in [7, 11) is 0. The van der Waals surface area contributed by atoms with Gasteiger partial charge in [0.1, 0.15) is 5.82 Å². The lowest BCUT2D eigenvalue weighted by Gasteiger charge is -2.36. The van der Waals surface area contributed by atoms with Crippen LogP contribution in [0.1, 0.15) is 30.0 Å². The SMILES string of the molecule is Cc1ccc(C2CCCN2CC(=O)N2CCN(c3ccccn3)CC2)cc1. The number of pyridine rings is 1. The van der Waals surface area contributed by atoms with Crippen molar-refractivity contribution in [2.45, 2.75) is 25.8 Å². The van der Waals surface area contributed by atoms with E-state index in [4.69, 9.17) is 0 Å². The van der Waals surface area contributed by atoms with Crippen molar-refractivity contribution in [2.24, 2.45) is 0 Å². The number of anilines is 1. The molecule has 2 aliphatic rings. The molecule has 0 aliphatic carbocycles. The number of hydrogen-bond acceptors (Lipinski definition) is 4. The zero-order chi connectivity index (χ0) is 18.6. The molecule has 1 atom stereocenters. The summed E-state index contributed by atoms with van der Waals surface area (Å²) in [4.78, 5) is 23.9. The minimum absolute atomic E-state index is 0.259. The fraction of sp³-hybridized carbons (Fsp3) is 0.455. The summed E-state index contributed by atoms with van der Waals surface area (Å²) in [5, 5.41) is 0. The second kappa shape index (κ2) is 8.09. The Labute approximate surface area is 161 Å². The Hall–Kier alpha value is -2.40. The Kier molecular flexibility index (Phi) is 5.39. The van der Waals surface area contributed by atoms with Crippen LogP contribution in [0.25, 0.3) is 0 Å².